The highest BCUT2D eigenvalue weighted by atomic mass is 15.2. The van der Waals surface area contributed by atoms with E-state index in [-0.39, 0.29) is 0 Å². The van der Waals surface area contributed by atoms with Crippen LogP contribution >= 0.6 is 0 Å². The minimum Gasteiger partial charge on any atom is -0.316 e. The molecule has 0 aromatic heterocycles. The zero-order valence-electron chi connectivity index (χ0n) is 11.2. The van der Waals surface area contributed by atoms with Crippen LogP contribution in [0.5, 0.6) is 0 Å². The predicted octanol–water partition coefficient (Wildman–Crippen LogP) is 2.35. The van der Waals surface area contributed by atoms with Crippen molar-refractivity contribution in [1.82, 2.24) is 10.2 Å². The Morgan fingerprint density at radius 1 is 1.19 bits per heavy atom. The number of likely N-dealkylation sites (tertiary alicyclic amines) is 1. The minimum absolute atomic E-state index is 0.862. The van der Waals surface area contributed by atoms with Crippen LogP contribution in [0.15, 0.2) is 0 Å². The molecular formula is C14H28N2. The lowest BCUT2D eigenvalue weighted by Gasteiger charge is -2.29. The van der Waals surface area contributed by atoms with Gasteiger partial charge in [-0.05, 0) is 37.3 Å². The van der Waals surface area contributed by atoms with Crippen molar-refractivity contribution < 1.29 is 0 Å². The summed E-state index contributed by atoms with van der Waals surface area (Å²) in [6, 6.07) is 0.862. The second-order valence-corrected chi connectivity index (χ2v) is 5.69. The molecule has 0 spiro atoms. The monoisotopic (exact) mass is 224 g/mol. The van der Waals surface area contributed by atoms with Gasteiger partial charge in [-0.1, -0.05) is 33.6 Å². The van der Waals surface area contributed by atoms with Crippen LogP contribution < -0.4 is 5.32 Å². The molecule has 2 nitrogen and oxygen atoms in total. The van der Waals surface area contributed by atoms with E-state index in [2.05, 4.69) is 31.0 Å². The molecule has 1 N–H and O–H groups in total. The summed E-state index contributed by atoms with van der Waals surface area (Å²) in [5.41, 5.74) is 0. The quantitative estimate of drug-likeness (QED) is 0.771. The third kappa shape index (κ3) is 2.28. The van der Waals surface area contributed by atoms with Crippen molar-refractivity contribution in [1.29, 1.82) is 0 Å². The molecule has 0 amide bonds. The number of nitrogens with one attached hydrogen (secondary N) is 1. The highest BCUT2D eigenvalue weighted by Gasteiger charge is 2.43. The average Bonchev–Trinajstić information content (AvgIpc) is 2.85. The molecule has 2 heterocycles. The van der Waals surface area contributed by atoms with Crippen LogP contribution in [0.25, 0.3) is 0 Å². The highest BCUT2D eigenvalue weighted by Crippen LogP contribution is 2.35. The van der Waals surface area contributed by atoms with E-state index < -0.39 is 0 Å². The zero-order valence-corrected chi connectivity index (χ0v) is 11.2. The number of hydrogen-bond donors (Lipinski definition) is 1. The molecule has 2 aliphatic rings. The fraction of sp³-hybridized carbons (Fsp3) is 1.00. The van der Waals surface area contributed by atoms with Crippen LogP contribution in [-0.4, -0.2) is 37.1 Å². The van der Waals surface area contributed by atoms with Crippen LogP contribution in [0.1, 0.15) is 40.0 Å². The molecule has 2 fully saturated rings. The van der Waals surface area contributed by atoms with Gasteiger partial charge in [0.25, 0.3) is 0 Å². The Hall–Kier alpha value is -0.0800. The summed E-state index contributed by atoms with van der Waals surface area (Å²) >= 11 is 0. The summed E-state index contributed by atoms with van der Waals surface area (Å²) in [5.74, 6) is 2.81. The predicted molar refractivity (Wildman–Crippen MR) is 69.6 cm³/mol. The van der Waals surface area contributed by atoms with E-state index in [1.807, 2.05) is 0 Å². The van der Waals surface area contributed by atoms with Crippen LogP contribution in [0.2, 0.25) is 0 Å². The molecule has 3 unspecified atom stereocenters. The second-order valence-electron chi connectivity index (χ2n) is 5.69. The fourth-order valence-corrected chi connectivity index (χ4v) is 3.76. The van der Waals surface area contributed by atoms with Crippen molar-refractivity contribution in [3.63, 3.8) is 0 Å². The van der Waals surface area contributed by atoms with Gasteiger partial charge in [0, 0.05) is 19.1 Å². The van der Waals surface area contributed by atoms with Crippen molar-refractivity contribution in [2.75, 3.05) is 26.2 Å². The van der Waals surface area contributed by atoms with Gasteiger partial charge in [-0.15, -0.1) is 0 Å². The number of nitrogens with zero attached hydrogens (tertiary/aromatic N) is 1. The van der Waals surface area contributed by atoms with Gasteiger partial charge in [0.1, 0.15) is 0 Å². The van der Waals surface area contributed by atoms with Gasteiger partial charge in [0.05, 0.1) is 0 Å². The molecular weight excluding hydrogens is 196 g/mol. The minimum atomic E-state index is 0.862. The Balaban J connectivity index is 1.94. The summed E-state index contributed by atoms with van der Waals surface area (Å²) in [6.07, 6.45) is 4.02. The molecule has 0 radical (unpaired) electrons. The number of fused-ring (bicyclic) bond motifs is 1. The van der Waals surface area contributed by atoms with Crippen LogP contribution in [-0.2, 0) is 0 Å². The maximum atomic E-state index is 3.56. The summed E-state index contributed by atoms with van der Waals surface area (Å²) in [5, 5.41) is 3.56. The Morgan fingerprint density at radius 2 is 1.94 bits per heavy atom. The van der Waals surface area contributed by atoms with Gasteiger partial charge < -0.3 is 5.32 Å². The fourth-order valence-electron chi connectivity index (χ4n) is 3.76. The summed E-state index contributed by atoms with van der Waals surface area (Å²) in [4.78, 5) is 2.80. The molecule has 2 saturated heterocycles. The van der Waals surface area contributed by atoms with E-state index in [4.69, 9.17) is 0 Å². The average molecular weight is 224 g/mol. The zero-order chi connectivity index (χ0) is 11.5. The number of rotatable bonds is 5. The third-order valence-corrected chi connectivity index (χ3v) is 4.89. The van der Waals surface area contributed by atoms with Gasteiger partial charge in [-0.25, -0.2) is 0 Å². The molecule has 2 rings (SSSR count). The molecule has 16 heavy (non-hydrogen) atoms. The van der Waals surface area contributed by atoms with E-state index in [0.29, 0.717) is 0 Å². The van der Waals surface area contributed by atoms with E-state index in [1.165, 1.54) is 45.4 Å². The molecule has 0 bridgehead atoms. The second kappa shape index (κ2) is 5.50. The summed E-state index contributed by atoms with van der Waals surface area (Å²) in [6.45, 7) is 12.3. The maximum Gasteiger partial charge on any atom is 0.0137 e. The molecule has 0 aromatic rings. The smallest absolute Gasteiger partial charge is 0.0137 e. The lowest BCUT2D eigenvalue weighted by atomic mass is 9.92. The van der Waals surface area contributed by atoms with Crippen LogP contribution in [0.3, 0.4) is 0 Å². The standard InChI is InChI=1S/C14H28N2/c1-4-11(5-2)9-16-10-12-7-15-8-13(12)14(16)6-3/h11-15H,4-10H2,1-3H3. The van der Waals surface area contributed by atoms with E-state index in [1.54, 1.807) is 0 Å². The van der Waals surface area contributed by atoms with Gasteiger partial charge >= 0.3 is 0 Å². The Labute approximate surface area is 101 Å². The van der Waals surface area contributed by atoms with Crippen molar-refractivity contribution in [2.24, 2.45) is 17.8 Å². The first kappa shape index (κ1) is 12.4. The van der Waals surface area contributed by atoms with Crippen LogP contribution in [0.4, 0.5) is 0 Å². The van der Waals surface area contributed by atoms with Crippen LogP contribution in [0, 0.1) is 17.8 Å². The number of hydrogen-bond acceptors (Lipinski definition) is 2. The van der Waals surface area contributed by atoms with E-state index in [0.717, 1.165) is 23.8 Å². The first-order valence-electron chi connectivity index (χ1n) is 7.24. The summed E-state index contributed by atoms with van der Waals surface area (Å²) < 4.78 is 0. The van der Waals surface area contributed by atoms with Crippen molar-refractivity contribution in [3.8, 4) is 0 Å². The highest BCUT2D eigenvalue weighted by molar-refractivity contribution is 4.98. The van der Waals surface area contributed by atoms with E-state index >= 15 is 0 Å². The Morgan fingerprint density at radius 3 is 2.56 bits per heavy atom. The van der Waals surface area contributed by atoms with Crippen molar-refractivity contribution >= 4 is 0 Å². The molecule has 3 atom stereocenters. The maximum absolute atomic E-state index is 3.56. The van der Waals surface area contributed by atoms with Gasteiger partial charge in [-0.3, -0.25) is 4.90 Å². The van der Waals surface area contributed by atoms with Gasteiger partial charge in [0.15, 0.2) is 0 Å². The largest absolute Gasteiger partial charge is 0.316 e. The van der Waals surface area contributed by atoms with E-state index in [9.17, 15) is 0 Å². The molecule has 0 saturated carbocycles. The third-order valence-electron chi connectivity index (χ3n) is 4.89. The van der Waals surface area contributed by atoms with Gasteiger partial charge in [0.2, 0.25) is 0 Å². The normalized spacial score (nSPS) is 34.9. The summed E-state index contributed by atoms with van der Waals surface area (Å²) in [7, 11) is 0. The Bertz CT molecular complexity index is 213. The van der Waals surface area contributed by atoms with Crippen molar-refractivity contribution in [2.45, 2.75) is 46.1 Å². The molecule has 94 valence electrons. The lowest BCUT2D eigenvalue weighted by Crippen LogP contribution is -2.38. The SMILES string of the molecule is CCC(CC)CN1CC2CNCC2C1CC. The molecule has 0 aromatic carbocycles. The van der Waals surface area contributed by atoms with Crippen molar-refractivity contribution in [3.05, 3.63) is 0 Å². The molecule has 2 heteroatoms. The first-order valence-corrected chi connectivity index (χ1v) is 7.24. The lowest BCUT2D eigenvalue weighted by molar-refractivity contribution is 0.182. The molecule has 2 aliphatic heterocycles. The topological polar surface area (TPSA) is 15.3 Å². The first-order chi connectivity index (χ1) is 7.80. The Kier molecular flexibility index (Phi) is 4.26. The van der Waals surface area contributed by atoms with Gasteiger partial charge in [-0.2, -0.15) is 0 Å². The molecule has 0 aliphatic carbocycles.